The van der Waals surface area contributed by atoms with E-state index < -0.39 is 0 Å². The molecule has 0 spiro atoms. The van der Waals surface area contributed by atoms with Gasteiger partial charge in [-0.2, -0.15) is 0 Å². The van der Waals surface area contributed by atoms with Crippen molar-refractivity contribution >= 4 is 22.6 Å². The number of nitrogens with zero attached hydrogens (tertiary/aromatic N) is 1. The molecule has 3 heterocycles. The number of hydrogen-bond acceptors (Lipinski definition) is 4. The standard InChI is InChI=1S/C22H20N4O4/c1-12-9-16(21(27)23-14-3-5-17-18(10-14)25-22(28)24-17)13(2)26(12)15-4-6-19-20(11-15)30-8-7-29-19/h3-6,9-11H,7-8H2,1-2H3,(H,23,27)(H2,24,25,28). The van der Waals surface area contributed by atoms with E-state index in [4.69, 9.17) is 9.47 Å². The molecule has 0 saturated carbocycles. The quantitative estimate of drug-likeness (QED) is 0.488. The van der Waals surface area contributed by atoms with Crippen molar-refractivity contribution < 1.29 is 14.3 Å². The molecule has 0 bridgehead atoms. The van der Waals surface area contributed by atoms with Gasteiger partial charge in [0.05, 0.1) is 16.6 Å². The molecule has 0 unspecified atom stereocenters. The van der Waals surface area contributed by atoms with Crippen LogP contribution in [0.25, 0.3) is 16.7 Å². The predicted molar refractivity (Wildman–Crippen MR) is 113 cm³/mol. The molecule has 0 radical (unpaired) electrons. The maximum absolute atomic E-state index is 13.0. The lowest BCUT2D eigenvalue weighted by Crippen LogP contribution is -2.16. The van der Waals surface area contributed by atoms with E-state index in [9.17, 15) is 9.59 Å². The number of anilines is 1. The molecule has 2 aromatic heterocycles. The van der Waals surface area contributed by atoms with E-state index in [0.717, 1.165) is 22.8 Å². The maximum Gasteiger partial charge on any atom is 0.323 e. The van der Waals surface area contributed by atoms with E-state index in [1.165, 1.54) is 0 Å². The Morgan fingerprint density at radius 1 is 0.967 bits per heavy atom. The molecule has 4 aromatic rings. The molecule has 2 aromatic carbocycles. The summed E-state index contributed by atoms with van der Waals surface area (Å²) >= 11 is 0. The molecule has 8 nitrogen and oxygen atoms in total. The average Bonchev–Trinajstić information content (AvgIpc) is 3.25. The molecular weight excluding hydrogens is 384 g/mol. The van der Waals surface area contributed by atoms with Crippen LogP contribution in [0.4, 0.5) is 5.69 Å². The Bertz CT molecular complexity index is 1350. The number of nitrogens with one attached hydrogen (secondary N) is 3. The second-order valence-corrected chi connectivity index (χ2v) is 7.24. The Morgan fingerprint density at radius 2 is 1.73 bits per heavy atom. The Morgan fingerprint density at radius 3 is 2.57 bits per heavy atom. The first kappa shape index (κ1) is 18.1. The fourth-order valence-corrected chi connectivity index (χ4v) is 3.87. The number of carbonyl (C=O) groups is 1. The summed E-state index contributed by atoms with van der Waals surface area (Å²) in [5.41, 5.74) is 4.87. The lowest BCUT2D eigenvalue weighted by Gasteiger charge is -2.20. The number of ether oxygens (including phenoxy) is 2. The van der Waals surface area contributed by atoms with Crippen molar-refractivity contribution in [2.75, 3.05) is 18.5 Å². The van der Waals surface area contributed by atoms with E-state index in [-0.39, 0.29) is 11.6 Å². The highest BCUT2D eigenvalue weighted by Crippen LogP contribution is 2.33. The predicted octanol–water partition coefficient (Wildman–Crippen LogP) is 3.29. The zero-order chi connectivity index (χ0) is 20.8. The molecule has 5 rings (SSSR count). The lowest BCUT2D eigenvalue weighted by atomic mass is 10.2. The third-order valence-corrected chi connectivity index (χ3v) is 5.23. The second kappa shape index (κ2) is 6.84. The van der Waals surface area contributed by atoms with Gasteiger partial charge in [-0.1, -0.05) is 0 Å². The Kier molecular flexibility index (Phi) is 4.13. The number of H-pyrrole nitrogens is 2. The van der Waals surface area contributed by atoms with Gasteiger partial charge in [-0.05, 0) is 50.2 Å². The number of imidazole rings is 1. The fourth-order valence-electron chi connectivity index (χ4n) is 3.87. The summed E-state index contributed by atoms with van der Waals surface area (Å²) in [6.45, 7) is 4.92. The van der Waals surface area contributed by atoms with Crippen LogP contribution in [0.15, 0.2) is 47.3 Å². The van der Waals surface area contributed by atoms with Gasteiger partial charge in [-0.15, -0.1) is 0 Å². The molecule has 8 heteroatoms. The van der Waals surface area contributed by atoms with Gasteiger partial charge in [0.25, 0.3) is 5.91 Å². The zero-order valence-corrected chi connectivity index (χ0v) is 16.5. The molecule has 0 saturated heterocycles. The number of aromatic amines is 2. The van der Waals surface area contributed by atoms with E-state index in [1.54, 1.807) is 18.2 Å². The monoisotopic (exact) mass is 404 g/mol. The van der Waals surface area contributed by atoms with Gasteiger partial charge in [0.15, 0.2) is 11.5 Å². The van der Waals surface area contributed by atoms with E-state index in [1.807, 2.05) is 42.7 Å². The van der Waals surface area contributed by atoms with Crippen molar-refractivity contribution in [2.45, 2.75) is 13.8 Å². The summed E-state index contributed by atoms with van der Waals surface area (Å²) in [4.78, 5) is 29.8. The van der Waals surface area contributed by atoms with Gasteiger partial charge in [-0.25, -0.2) is 4.79 Å². The minimum Gasteiger partial charge on any atom is -0.486 e. The fraction of sp³-hybridized carbons (Fsp3) is 0.182. The Balaban J connectivity index is 1.46. The number of amides is 1. The van der Waals surface area contributed by atoms with Crippen LogP contribution in [0.1, 0.15) is 21.7 Å². The van der Waals surface area contributed by atoms with Crippen LogP contribution in [-0.2, 0) is 0 Å². The first-order chi connectivity index (χ1) is 14.5. The van der Waals surface area contributed by atoms with Crippen molar-refractivity contribution in [3.05, 3.63) is 69.9 Å². The SMILES string of the molecule is Cc1cc(C(=O)Nc2ccc3[nH]c(=O)[nH]c3c2)c(C)n1-c1ccc2c(c1)OCCO2. The number of rotatable bonds is 3. The molecule has 0 fully saturated rings. The third-order valence-electron chi connectivity index (χ3n) is 5.23. The molecule has 30 heavy (non-hydrogen) atoms. The largest absolute Gasteiger partial charge is 0.486 e. The Hall–Kier alpha value is -3.94. The van der Waals surface area contributed by atoms with Crippen molar-refractivity contribution in [1.82, 2.24) is 14.5 Å². The number of aryl methyl sites for hydroxylation is 1. The summed E-state index contributed by atoms with van der Waals surface area (Å²) in [6, 6.07) is 12.8. The van der Waals surface area contributed by atoms with E-state index >= 15 is 0 Å². The van der Waals surface area contributed by atoms with Crippen LogP contribution in [0.5, 0.6) is 11.5 Å². The highest BCUT2D eigenvalue weighted by Gasteiger charge is 2.19. The maximum atomic E-state index is 13.0. The average molecular weight is 404 g/mol. The number of benzene rings is 2. The summed E-state index contributed by atoms with van der Waals surface area (Å²) in [5, 5.41) is 2.91. The molecule has 1 aliphatic heterocycles. The first-order valence-corrected chi connectivity index (χ1v) is 9.62. The van der Waals surface area contributed by atoms with Crippen molar-refractivity contribution in [1.29, 1.82) is 0 Å². The molecule has 1 amide bonds. The molecule has 0 atom stereocenters. The molecule has 1 aliphatic rings. The van der Waals surface area contributed by atoms with Gasteiger partial charge in [0, 0.05) is 28.8 Å². The first-order valence-electron chi connectivity index (χ1n) is 9.62. The highest BCUT2D eigenvalue weighted by atomic mass is 16.6. The smallest absolute Gasteiger partial charge is 0.323 e. The number of hydrogen-bond donors (Lipinski definition) is 3. The highest BCUT2D eigenvalue weighted by molar-refractivity contribution is 6.06. The van der Waals surface area contributed by atoms with Crippen LogP contribution in [0.3, 0.4) is 0 Å². The third kappa shape index (κ3) is 3.02. The van der Waals surface area contributed by atoms with Crippen molar-refractivity contribution in [3.8, 4) is 17.2 Å². The normalized spacial score (nSPS) is 12.9. The molecule has 152 valence electrons. The Labute approximate surface area is 171 Å². The van der Waals surface area contributed by atoms with Crippen LogP contribution in [0, 0.1) is 13.8 Å². The van der Waals surface area contributed by atoms with Crippen LogP contribution in [0.2, 0.25) is 0 Å². The molecule has 0 aliphatic carbocycles. The topological polar surface area (TPSA) is 101 Å². The summed E-state index contributed by atoms with van der Waals surface area (Å²) in [6.07, 6.45) is 0. The number of aromatic nitrogens is 3. The van der Waals surface area contributed by atoms with Crippen LogP contribution < -0.4 is 20.5 Å². The second-order valence-electron chi connectivity index (χ2n) is 7.24. The summed E-state index contributed by atoms with van der Waals surface area (Å²) < 4.78 is 13.3. The summed E-state index contributed by atoms with van der Waals surface area (Å²) in [5.74, 6) is 1.21. The molecule has 3 N–H and O–H groups in total. The zero-order valence-electron chi connectivity index (χ0n) is 16.5. The van der Waals surface area contributed by atoms with E-state index in [2.05, 4.69) is 15.3 Å². The number of carbonyl (C=O) groups excluding carboxylic acids is 1. The lowest BCUT2D eigenvalue weighted by molar-refractivity contribution is 0.102. The van der Waals surface area contributed by atoms with Gasteiger partial charge in [0.2, 0.25) is 0 Å². The summed E-state index contributed by atoms with van der Waals surface area (Å²) in [7, 11) is 0. The van der Waals surface area contributed by atoms with Gasteiger partial charge < -0.3 is 29.3 Å². The van der Waals surface area contributed by atoms with Crippen LogP contribution >= 0.6 is 0 Å². The minimum atomic E-state index is -0.281. The van der Waals surface area contributed by atoms with Crippen molar-refractivity contribution in [3.63, 3.8) is 0 Å². The van der Waals surface area contributed by atoms with Crippen LogP contribution in [-0.4, -0.2) is 33.7 Å². The number of fused-ring (bicyclic) bond motifs is 2. The molecular formula is C22H20N4O4. The van der Waals surface area contributed by atoms with E-state index in [0.29, 0.717) is 41.2 Å². The van der Waals surface area contributed by atoms with Crippen molar-refractivity contribution in [2.24, 2.45) is 0 Å². The van der Waals surface area contributed by atoms with Gasteiger partial charge in [0.1, 0.15) is 13.2 Å². The minimum absolute atomic E-state index is 0.218. The van der Waals surface area contributed by atoms with Gasteiger partial charge in [-0.3, -0.25) is 4.79 Å². The van der Waals surface area contributed by atoms with Gasteiger partial charge >= 0.3 is 5.69 Å².